The van der Waals surface area contributed by atoms with E-state index in [1.807, 2.05) is 0 Å². The minimum Gasteiger partial charge on any atom is -0.505 e. The second kappa shape index (κ2) is 7.57. The molecule has 0 aromatic heterocycles. The summed E-state index contributed by atoms with van der Waals surface area (Å²) >= 11 is 0. The van der Waals surface area contributed by atoms with E-state index in [0.29, 0.717) is 21.8 Å². The van der Waals surface area contributed by atoms with E-state index in [4.69, 9.17) is 0 Å². The first-order valence-corrected chi connectivity index (χ1v) is 11.0. The number of piperazine rings is 1. The van der Waals surface area contributed by atoms with Crippen LogP contribution >= 0.6 is 0 Å². The van der Waals surface area contributed by atoms with E-state index >= 15 is 0 Å². The average Bonchev–Trinajstić information content (AvgIpc) is 2.59. The van der Waals surface area contributed by atoms with E-state index in [-0.39, 0.29) is 23.0 Å². The number of phenolic OH excluding ortho intramolecular Hbond substituents is 1. The topological polar surface area (TPSA) is 98.7 Å². The number of fused-ring (bicyclic) bond motifs is 1. The van der Waals surface area contributed by atoms with Crippen LogP contribution < -0.4 is 10.0 Å². The van der Waals surface area contributed by atoms with E-state index < -0.39 is 10.0 Å². The number of quaternary nitrogens is 1. The molecule has 3 N–H and O–H groups in total. The summed E-state index contributed by atoms with van der Waals surface area (Å²) in [5, 5.41) is 14.5. The summed E-state index contributed by atoms with van der Waals surface area (Å²) in [6.07, 6.45) is 1.05. The van der Waals surface area contributed by atoms with Gasteiger partial charge in [0.25, 0.3) is 5.91 Å². The third kappa shape index (κ3) is 4.73. The molecule has 28 heavy (non-hydrogen) atoms. The van der Waals surface area contributed by atoms with Crippen LogP contribution in [-0.2, 0) is 14.8 Å². The number of nitrogens with zero attached hydrogens (tertiary/aromatic N) is 2. The fourth-order valence-corrected chi connectivity index (χ4v) is 4.06. The molecule has 0 saturated carbocycles. The molecule has 1 amide bonds. The number of nitrogens with one attached hydrogen (secondary N) is 2. The molecule has 152 valence electrons. The van der Waals surface area contributed by atoms with Crippen molar-refractivity contribution in [1.82, 2.24) is 4.90 Å². The number of carbonyl (C=O) groups excluding carboxylic acids is 1. The van der Waals surface area contributed by atoms with Crippen molar-refractivity contribution in [2.45, 2.75) is 0 Å². The highest BCUT2D eigenvalue weighted by Crippen LogP contribution is 2.37. The van der Waals surface area contributed by atoms with Crippen molar-refractivity contribution < 1.29 is 22.8 Å². The van der Waals surface area contributed by atoms with Crippen LogP contribution in [-0.4, -0.2) is 81.9 Å². The molecule has 8 nitrogen and oxygen atoms in total. The Morgan fingerprint density at radius 1 is 1.18 bits per heavy atom. The maximum Gasteiger partial charge on any atom is 0.279 e. The van der Waals surface area contributed by atoms with Gasteiger partial charge in [-0.1, -0.05) is 18.2 Å². The smallest absolute Gasteiger partial charge is 0.279 e. The molecular weight excluding hydrogens is 380 g/mol. The summed E-state index contributed by atoms with van der Waals surface area (Å²) in [4.78, 5) is 14.8. The number of aromatic hydroxyl groups is 1. The Balaban J connectivity index is 1.84. The zero-order chi connectivity index (χ0) is 20.5. The van der Waals surface area contributed by atoms with Crippen LogP contribution in [0.5, 0.6) is 5.75 Å². The van der Waals surface area contributed by atoms with Crippen LogP contribution in [0.3, 0.4) is 0 Å². The largest absolute Gasteiger partial charge is 0.505 e. The van der Waals surface area contributed by atoms with Crippen LogP contribution in [0, 0.1) is 0 Å². The number of rotatable bonds is 5. The van der Waals surface area contributed by atoms with Crippen LogP contribution in [0.25, 0.3) is 10.8 Å². The van der Waals surface area contributed by atoms with Crippen LogP contribution in [0.4, 0.5) is 11.4 Å². The Hall–Kier alpha value is -2.36. The lowest BCUT2D eigenvalue weighted by molar-refractivity contribution is -0.905. The molecule has 1 aliphatic rings. The van der Waals surface area contributed by atoms with Gasteiger partial charge in [0.2, 0.25) is 10.0 Å². The molecular formula is C19H27N4O4S+. The van der Waals surface area contributed by atoms with Crippen molar-refractivity contribution in [3.8, 4) is 5.75 Å². The highest BCUT2D eigenvalue weighted by molar-refractivity contribution is 7.92. The third-order valence-electron chi connectivity index (χ3n) is 5.16. The van der Waals surface area contributed by atoms with Gasteiger partial charge in [-0.05, 0) is 24.6 Å². The summed E-state index contributed by atoms with van der Waals surface area (Å²) in [5.41, 5.74) is 0.535. The standard InChI is InChI=1S/C19H26N4O4S/c1-22-9-11-23(2,12-10-22)13-17(24)20-16-8-7-14-5-4-6-15(18(14)19(16)25)21-28(3,26)27/h4-8,21H,9-13H2,1-3H3,(H-,20,24,25)/p+1. The van der Waals surface area contributed by atoms with Crippen LogP contribution in [0.15, 0.2) is 30.3 Å². The van der Waals surface area contributed by atoms with E-state index in [1.165, 1.54) is 0 Å². The molecule has 0 spiro atoms. The lowest BCUT2D eigenvalue weighted by atomic mass is 10.1. The van der Waals surface area contributed by atoms with Gasteiger partial charge in [-0.2, -0.15) is 0 Å². The van der Waals surface area contributed by atoms with Gasteiger partial charge in [0.05, 0.1) is 37.8 Å². The zero-order valence-corrected chi connectivity index (χ0v) is 17.2. The number of hydrogen-bond acceptors (Lipinski definition) is 5. The quantitative estimate of drug-likeness (QED) is 0.512. The summed E-state index contributed by atoms with van der Waals surface area (Å²) in [5.74, 6) is -0.339. The number of likely N-dealkylation sites (N-methyl/N-ethyl adjacent to an activating group) is 2. The molecule has 1 fully saturated rings. The summed E-state index contributed by atoms with van der Waals surface area (Å²) in [6, 6.07) is 8.41. The van der Waals surface area contributed by atoms with Gasteiger partial charge < -0.3 is 14.9 Å². The number of hydrogen-bond donors (Lipinski definition) is 3. The first-order valence-electron chi connectivity index (χ1n) is 9.11. The van der Waals surface area contributed by atoms with Gasteiger partial charge >= 0.3 is 0 Å². The van der Waals surface area contributed by atoms with Gasteiger partial charge in [0, 0.05) is 18.5 Å². The third-order valence-corrected chi connectivity index (χ3v) is 5.75. The molecule has 0 unspecified atom stereocenters. The minimum absolute atomic E-state index is 0.154. The minimum atomic E-state index is -3.51. The predicted octanol–water partition coefficient (Wildman–Crippen LogP) is 1.25. The van der Waals surface area contributed by atoms with Gasteiger partial charge in [-0.25, -0.2) is 8.42 Å². The maximum atomic E-state index is 12.6. The highest BCUT2D eigenvalue weighted by Gasteiger charge is 2.30. The fourth-order valence-electron chi connectivity index (χ4n) is 3.49. The first kappa shape index (κ1) is 20.4. The van der Waals surface area contributed by atoms with Crippen molar-refractivity contribution in [2.24, 2.45) is 0 Å². The molecule has 9 heteroatoms. The van der Waals surface area contributed by atoms with Crippen molar-refractivity contribution in [1.29, 1.82) is 0 Å². The number of phenols is 1. The number of benzene rings is 2. The molecule has 2 aromatic carbocycles. The fraction of sp³-hybridized carbons (Fsp3) is 0.421. The maximum absolute atomic E-state index is 12.6. The Labute approximate surface area is 165 Å². The zero-order valence-electron chi connectivity index (χ0n) is 16.4. The lowest BCUT2D eigenvalue weighted by Gasteiger charge is -2.40. The Kier molecular flexibility index (Phi) is 5.51. The van der Waals surface area contributed by atoms with Crippen LogP contribution in [0.2, 0.25) is 0 Å². The first-order chi connectivity index (χ1) is 13.1. The second-order valence-corrected chi connectivity index (χ2v) is 9.56. The van der Waals surface area contributed by atoms with Crippen molar-refractivity contribution >= 4 is 38.1 Å². The van der Waals surface area contributed by atoms with E-state index in [9.17, 15) is 18.3 Å². The summed E-state index contributed by atoms with van der Waals surface area (Å²) in [7, 11) is 0.617. The lowest BCUT2D eigenvalue weighted by Crippen LogP contribution is -2.58. The number of sulfonamides is 1. The molecule has 0 atom stereocenters. The van der Waals surface area contributed by atoms with Gasteiger partial charge in [0.1, 0.15) is 5.75 Å². The van der Waals surface area contributed by atoms with Gasteiger partial charge in [-0.15, -0.1) is 0 Å². The average molecular weight is 408 g/mol. The number of anilines is 2. The van der Waals surface area contributed by atoms with Gasteiger partial charge in [0.15, 0.2) is 6.54 Å². The summed E-state index contributed by atoms with van der Waals surface area (Å²) in [6.45, 7) is 3.96. The normalized spacial score (nSPS) is 17.4. The van der Waals surface area contributed by atoms with Crippen molar-refractivity contribution in [2.75, 3.05) is 63.1 Å². The molecule has 1 saturated heterocycles. The van der Waals surface area contributed by atoms with E-state index in [0.717, 1.165) is 32.4 Å². The molecule has 0 aliphatic carbocycles. The SMILES string of the molecule is CN1CC[N+](C)(CC(=O)Nc2ccc3cccc(NS(C)(=O)=O)c3c2O)CC1. The molecule has 0 radical (unpaired) electrons. The highest BCUT2D eigenvalue weighted by atomic mass is 32.2. The Morgan fingerprint density at radius 2 is 1.86 bits per heavy atom. The summed E-state index contributed by atoms with van der Waals surface area (Å²) < 4.78 is 26.3. The molecule has 1 heterocycles. The van der Waals surface area contributed by atoms with Crippen LogP contribution in [0.1, 0.15) is 0 Å². The Bertz CT molecular complexity index is 998. The van der Waals surface area contributed by atoms with Crippen molar-refractivity contribution in [3.63, 3.8) is 0 Å². The van der Waals surface area contributed by atoms with E-state index in [2.05, 4.69) is 29.0 Å². The second-order valence-electron chi connectivity index (χ2n) is 7.82. The molecule has 0 bridgehead atoms. The number of amides is 1. The molecule has 2 aromatic rings. The van der Waals surface area contributed by atoms with E-state index in [1.54, 1.807) is 30.3 Å². The predicted molar refractivity (Wildman–Crippen MR) is 111 cm³/mol. The molecule has 1 aliphatic heterocycles. The number of carbonyl (C=O) groups is 1. The van der Waals surface area contributed by atoms with Gasteiger partial charge in [-0.3, -0.25) is 14.4 Å². The Morgan fingerprint density at radius 3 is 2.50 bits per heavy atom. The monoisotopic (exact) mass is 407 g/mol. The van der Waals surface area contributed by atoms with Crippen molar-refractivity contribution in [3.05, 3.63) is 30.3 Å². The molecule has 3 rings (SSSR count).